The van der Waals surface area contributed by atoms with Crippen LogP contribution >= 0.6 is 0 Å². The van der Waals surface area contributed by atoms with Crippen molar-refractivity contribution >= 4 is 5.78 Å². The van der Waals surface area contributed by atoms with Gasteiger partial charge in [0.25, 0.3) is 0 Å². The Labute approximate surface area is 102 Å². The van der Waals surface area contributed by atoms with Crippen LogP contribution in [-0.2, 0) is 6.42 Å². The largest absolute Gasteiger partial charge is 0.493 e. The predicted octanol–water partition coefficient (Wildman–Crippen LogP) is 2.18. The zero-order valence-corrected chi connectivity index (χ0v) is 10.4. The summed E-state index contributed by atoms with van der Waals surface area (Å²) in [6.45, 7) is 4.86. The SMILES string of the molecule is CC(C)CC(N)C(=O)c1ccc2c(c1)CCO2. The highest BCUT2D eigenvalue weighted by atomic mass is 16.5. The molecule has 0 fully saturated rings. The smallest absolute Gasteiger partial charge is 0.179 e. The maximum absolute atomic E-state index is 12.1. The van der Waals surface area contributed by atoms with E-state index >= 15 is 0 Å². The Morgan fingerprint density at radius 1 is 1.47 bits per heavy atom. The summed E-state index contributed by atoms with van der Waals surface area (Å²) in [6, 6.07) is 5.21. The van der Waals surface area contributed by atoms with Crippen molar-refractivity contribution in [2.45, 2.75) is 32.7 Å². The standard InChI is InChI=1S/C14H19NO2/c1-9(2)7-12(15)14(16)11-3-4-13-10(8-11)5-6-17-13/h3-4,8-9,12H,5-7,15H2,1-2H3. The molecule has 3 nitrogen and oxygen atoms in total. The number of fused-ring (bicyclic) bond motifs is 1. The Bertz CT molecular complexity index is 426. The highest BCUT2D eigenvalue weighted by molar-refractivity contribution is 6.00. The molecule has 0 radical (unpaired) electrons. The van der Waals surface area contributed by atoms with E-state index in [0.29, 0.717) is 18.1 Å². The molecule has 0 spiro atoms. The van der Waals surface area contributed by atoms with Crippen molar-refractivity contribution in [3.05, 3.63) is 29.3 Å². The van der Waals surface area contributed by atoms with Gasteiger partial charge in [-0.3, -0.25) is 4.79 Å². The summed E-state index contributed by atoms with van der Waals surface area (Å²) in [5.41, 5.74) is 7.74. The fourth-order valence-corrected chi connectivity index (χ4v) is 2.17. The average Bonchev–Trinajstić information content (AvgIpc) is 2.73. The molecule has 1 atom stereocenters. The molecule has 0 saturated heterocycles. The highest BCUT2D eigenvalue weighted by Crippen LogP contribution is 2.26. The summed E-state index contributed by atoms with van der Waals surface area (Å²) in [7, 11) is 0. The first-order valence-electron chi connectivity index (χ1n) is 6.13. The number of Topliss-reactive ketones (excluding diaryl/α,β-unsaturated/α-hetero) is 1. The lowest BCUT2D eigenvalue weighted by Crippen LogP contribution is -2.31. The summed E-state index contributed by atoms with van der Waals surface area (Å²) < 4.78 is 5.42. The van der Waals surface area contributed by atoms with Crippen molar-refractivity contribution < 1.29 is 9.53 Å². The molecule has 0 bridgehead atoms. The second-order valence-electron chi connectivity index (χ2n) is 5.02. The van der Waals surface area contributed by atoms with Gasteiger partial charge in [-0.25, -0.2) is 0 Å². The highest BCUT2D eigenvalue weighted by Gasteiger charge is 2.19. The van der Waals surface area contributed by atoms with Crippen LogP contribution in [0.2, 0.25) is 0 Å². The minimum Gasteiger partial charge on any atom is -0.493 e. The number of hydrogen-bond donors (Lipinski definition) is 1. The van der Waals surface area contributed by atoms with Crippen molar-refractivity contribution in [1.82, 2.24) is 0 Å². The first kappa shape index (κ1) is 12.1. The number of ketones is 1. The number of rotatable bonds is 4. The molecular formula is C14H19NO2. The van der Waals surface area contributed by atoms with Crippen molar-refractivity contribution in [3.63, 3.8) is 0 Å². The summed E-state index contributed by atoms with van der Waals surface area (Å²) in [4.78, 5) is 12.1. The van der Waals surface area contributed by atoms with E-state index < -0.39 is 6.04 Å². The van der Waals surface area contributed by atoms with Gasteiger partial charge in [-0.2, -0.15) is 0 Å². The van der Waals surface area contributed by atoms with Crippen LogP contribution < -0.4 is 10.5 Å². The second kappa shape index (κ2) is 4.88. The topological polar surface area (TPSA) is 52.3 Å². The van der Waals surface area contributed by atoms with Crippen molar-refractivity contribution in [2.75, 3.05) is 6.61 Å². The van der Waals surface area contributed by atoms with Gasteiger partial charge in [-0.1, -0.05) is 13.8 Å². The molecule has 0 aromatic heterocycles. The normalized spacial score (nSPS) is 15.5. The molecule has 1 aromatic rings. The summed E-state index contributed by atoms with van der Waals surface area (Å²) in [6.07, 6.45) is 1.61. The molecule has 1 aromatic carbocycles. The number of hydrogen-bond acceptors (Lipinski definition) is 3. The molecule has 92 valence electrons. The van der Waals surface area contributed by atoms with Crippen LogP contribution in [0.4, 0.5) is 0 Å². The van der Waals surface area contributed by atoms with Crippen LogP contribution in [0.3, 0.4) is 0 Å². The van der Waals surface area contributed by atoms with Gasteiger partial charge in [0.1, 0.15) is 5.75 Å². The first-order valence-corrected chi connectivity index (χ1v) is 6.13. The second-order valence-corrected chi connectivity index (χ2v) is 5.02. The minimum absolute atomic E-state index is 0.0356. The third-order valence-electron chi connectivity index (χ3n) is 3.04. The molecule has 2 N–H and O–H groups in total. The van der Waals surface area contributed by atoms with E-state index in [2.05, 4.69) is 13.8 Å². The summed E-state index contributed by atoms with van der Waals surface area (Å²) >= 11 is 0. The molecule has 1 unspecified atom stereocenters. The van der Waals surface area contributed by atoms with E-state index in [9.17, 15) is 4.79 Å². The van der Waals surface area contributed by atoms with E-state index in [1.165, 1.54) is 0 Å². The number of carbonyl (C=O) groups is 1. The Balaban J connectivity index is 2.14. The number of carbonyl (C=O) groups excluding carboxylic acids is 1. The van der Waals surface area contributed by atoms with Gasteiger partial charge < -0.3 is 10.5 Å². The first-order chi connectivity index (χ1) is 8.08. The lowest BCUT2D eigenvalue weighted by molar-refractivity contribution is 0.0951. The lowest BCUT2D eigenvalue weighted by atomic mass is 9.95. The number of ether oxygens (including phenoxy) is 1. The third-order valence-corrected chi connectivity index (χ3v) is 3.04. The van der Waals surface area contributed by atoms with Gasteiger partial charge in [-0.15, -0.1) is 0 Å². The molecule has 1 aliphatic heterocycles. The lowest BCUT2D eigenvalue weighted by Gasteiger charge is -2.13. The van der Waals surface area contributed by atoms with Crippen molar-refractivity contribution in [3.8, 4) is 5.75 Å². The maximum Gasteiger partial charge on any atom is 0.179 e. The zero-order chi connectivity index (χ0) is 12.4. The van der Waals surface area contributed by atoms with Crippen molar-refractivity contribution in [2.24, 2.45) is 11.7 Å². The molecular weight excluding hydrogens is 214 g/mol. The zero-order valence-electron chi connectivity index (χ0n) is 10.4. The number of nitrogens with two attached hydrogens (primary N) is 1. The van der Waals surface area contributed by atoms with Crippen LogP contribution in [-0.4, -0.2) is 18.4 Å². The predicted molar refractivity (Wildman–Crippen MR) is 67.4 cm³/mol. The molecule has 1 aliphatic rings. The van der Waals surface area contributed by atoms with Crippen LogP contribution in [0.5, 0.6) is 5.75 Å². The van der Waals surface area contributed by atoms with Crippen LogP contribution in [0.1, 0.15) is 36.2 Å². The van der Waals surface area contributed by atoms with E-state index in [0.717, 1.165) is 24.2 Å². The van der Waals surface area contributed by atoms with Gasteiger partial charge in [0.15, 0.2) is 5.78 Å². The molecule has 0 amide bonds. The monoisotopic (exact) mass is 233 g/mol. The molecule has 0 saturated carbocycles. The van der Waals surface area contributed by atoms with Gasteiger partial charge in [0, 0.05) is 12.0 Å². The van der Waals surface area contributed by atoms with Gasteiger partial charge >= 0.3 is 0 Å². The molecule has 1 heterocycles. The van der Waals surface area contributed by atoms with E-state index in [4.69, 9.17) is 10.5 Å². The average molecular weight is 233 g/mol. The summed E-state index contributed by atoms with van der Waals surface area (Å²) in [5.74, 6) is 1.37. The van der Waals surface area contributed by atoms with Gasteiger partial charge in [-0.05, 0) is 36.1 Å². The fraction of sp³-hybridized carbons (Fsp3) is 0.500. The van der Waals surface area contributed by atoms with E-state index in [1.54, 1.807) is 0 Å². The Hall–Kier alpha value is -1.35. The summed E-state index contributed by atoms with van der Waals surface area (Å²) in [5, 5.41) is 0. The van der Waals surface area contributed by atoms with Crippen LogP contribution in [0, 0.1) is 5.92 Å². The Kier molecular flexibility index (Phi) is 3.48. The molecule has 2 rings (SSSR count). The van der Waals surface area contributed by atoms with E-state index in [1.807, 2.05) is 18.2 Å². The molecule has 17 heavy (non-hydrogen) atoms. The minimum atomic E-state index is -0.393. The molecule has 3 heteroatoms. The van der Waals surface area contributed by atoms with E-state index in [-0.39, 0.29) is 5.78 Å². The van der Waals surface area contributed by atoms with Crippen molar-refractivity contribution in [1.29, 1.82) is 0 Å². The van der Waals surface area contributed by atoms with Crippen LogP contribution in [0.15, 0.2) is 18.2 Å². The van der Waals surface area contributed by atoms with Crippen LogP contribution in [0.25, 0.3) is 0 Å². The third kappa shape index (κ3) is 2.67. The molecule has 0 aliphatic carbocycles. The fourth-order valence-electron chi connectivity index (χ4n) is 2.17. The van der Waals surface area contributed by atoms with Gasteiger partial charge in [0.05, 0.1) is 12.6 Å². The quantitative estimate of drug-likeness (QED) is 0.811. The Morgan fingerprint density at radius 3 is 2.94 bits per heavy atom. The Morgan fingerprint density at radius 2 is 2.24 bits per heavy atom. The maximum atomic E-state index is 12.1. The van der Waals surface area contributed by atoms with Gasteiger partial charge in [0.2, 0.25) is 0 Å². The number of benzene rings is 1.